The maximum atomic E-state index is 13.8. The zero-order chi connectivity index (χ0) is 20.3. The minimum absolute atomic E-state index is 0.251. The maximum Gasteiger partial charge on any atom is 0.224 e. The number of aromatic amines is 1. The fourth-order valence-corrected chi connectivity index (χ4v) is 3.71. The number of aryl methyl sites for hydroxylation is 1. The quantitative estimate of drug-likeness (QED) is 0.469. The molecule has 0 aliphatic heterocycles. The molecule has 1 aliphatic carbocycles. The van der Waals surface area contributed by atoms with Crippen molar-refractivity contribution < 1.29 is 4.39 Å². The van der Waals surface area contributed by atoms with Gasteiger partial charge < -0.3 is 10.3 Å². The summed E-state index contributed by atoms with van der Waals surface area (Å²) in [6.07, 6.45) is 12.5. The van der Waals surface area contributed by atoms with Gasteiger partial charge in [-0.2, -0.15) is 15.2 Å². The summed E-state index contributed by atoms with van der Waals surface area (Å²) < 4.78 is 17.5. The fourth-order valence-electron chi connectivity index (χ4n) is 3.71. The predicted octanol–water partition coefficient (Wildman–Crippen LogP) is 3.59. The highest BCUT2D eigenvalue weighted by Crippen LogP contribution is 2.39. The Bertz CT molecular complexity index is 1390. The van der Waals surface area contributed by atoms with Crippen LogP contribution in [-0.4, -0.2) is 46.6 Å². The van der Waals surface area contributed by atoms with Crippen molar-refractivity contribution in [3.63, 3.8) is 0 Å². The summed E-state index contributed by atoms with van der Waals surface area (Å²) in [6.45, 7) is 0.251. The number of hydrogen-bond acceptors (Lipinski definition) is 5. The van der Waals surface area contributed by atoms with E-state index in [0.29, 0.717) is 24.4 Å². The van der Waals surface area contributed by atoms with Crippen molar-refractivity contribution in [1.29, 1.82) is 0 Å². The van der Waals surface area contributed by atoms with Gasteiger partial charge in [0, 0.05) is 53.9 Å². The molecular weight excluding hydrogens is 383 g/mol. The van der Waals surface area contributed by atoms with E-state index >= 15 is 0 Å². The monoisotopic (exact) mass is 402 g/mol. The molecule has 2 N–H and O–H groups in total. The lowest BCUT2D eigenvalue weighted by molar-refractivity contribution is 0.326. The molecule has 0 atom stereocenters. The number of pyridine rings is 1. The van der Waals surface area contributed by atoms with Crippen LogP contribution in [0, 0.1) is 0 Å². The van der Waals surface area contributed by atoms with Gasteiger partial charge in [-0.15, -0.1) is 0 Å². The van der Waals surface area contributed by atoms with Gasteiger partial charge in [0.05, 0.1) is 24.5 Å². The van der Waals surface area contributed by atoms with Crippen LogP contribution in [0.3, 0.4) is 0 Å². The Hall–Kier alpha value is -3.75. The van der Waals surface area contributed by atoms with E-state index in [2.05, 4.69) is 36.5 Å². The van der Waals surface area contributed by atoms with Gasteiger partial charge in [-0.05, 0) is 30.5 Å². The number of nitrogens with one attached hydrogen (secondary N) is 2. The normalized spacial score (nSPS) is 15.1. The number of fused-ring (bicyclic) bond motifs is 2. The van der Waals surface area contributed by atoms with E-state index in [0.717, 1.165) is 33.2 Å². The van der Waals surface area contributed by atoms with Gasteiger partial charge in [-0.25, -0.2) is 13.9 Å². The van der Waals surface area contributed by atoms with E-state index in [1.807, 2.05) is 48.6 Å². The van der Waals surface area contributed by atoms with Crippen LogP contribution in [0.15, 0.2) is 49.3 Å². The summed E-state index contributed by atoms with van der Waals surface area (Å²) in [6, 6.07) is 4.12. The average Bonchev–Trinajstić information content (AvgIpc) is 3.12. The molecule has 0 spiro atoms. The minimum atomic E-state index is -1.09. The summed E-state index contributed by atoms with van der Waals surface area (Å²) in [7, 11) is 1.90. The van der Waals surface area contributed by atoms with Crippen molar-refractivity contribution in [3.8, 4) is 22.3 Å². The van der Waals surface area contributed by atoms with Crippen molar-refractivity contribution in [2.75, 3.05) is 11.9 Å². The Morgan fingerprint density at radius 1 is 1.17 bits per heavy atom. The number of hydrogen-bond donors (Lipinski definition) is 2. The van der Waals surface area contributed by atoms with Crippen molar-refractivity contribution in [2.24, 2.45) is 7.05 Å². The highest BCUT2D eigenvalue weighted by molar-refractivity contribution is 5.95. The molecule has 1 aliphatic rings. The lowest BCUT2D eigenvalue weighted by Gasteiger charge is -2.07. The van der Waals surface area contributed by atoms with Crippen LogP contribution in [0.4, 0.5) is 10.3 Å². The molecule has 5 aromatic rings. The minimum Gasteiger partial charge on any atom is -0.351 e. The largest absolute Gasteiger partial charge is 0.351 e. The van der Waals surface area contributed by atoms with Gasteiger partial charge in [-0.1, -0.05) is 0 Å². The standard InChI is InChI=1S/C21H19FN8/c1-29-11-14(7-26-29)16-10-27-30-5-2-13(6-18(16)30)15-8-23-19-17(15)9-24-20(28-19)25-12-21(22)3-4-21/h2,5-11H,3-4,12H2,1H3,(H2,23,24,25,28). The first kappa shape index (κ1) is 17.1. The number of alkyl halides is 1. The summed E-state index contributed by atoms with van der Waals surface area (Å²) in [4.78, 5) is 12.1. The molecule has 0 bridgehead atoms. The van der Waals surface area contributed by atoms with Crippen LogP contribution in [0.2, 0.25) is 0 Å². The van der Waals surface area contributed by atoms with Crippen molar-refractivity contribution in [1.82, 2.24) is 34.3 Å². The summed E-state index contributed by atoms with van der Waals surface area (Å²) in [5.41, 5.74) is 4.69. The molecule has 150 valence electrons. The maximum absolute atomic E-state index is 13.8. The first-order chi connectivity index (χ1) is 14.6. The number of aromatic nitrogens is 7. The molecule has 0 aromatic carbocycles. The van der Waals surface area contributed by atoms with Gasteiger partial charge >= 0.3 is 0 Å². The molecule has 5 aromatic heterocycles. The van der Waals surface area contributed by atoms with Gasteiger partial charge in [0.15, 0.2) is 0 Å². The molecule has 1 saturated carbocycles. The van der Waals surface area contributed by atoms with E-state index < -0.39 is 5.67 Å². The van der Waals surface area contributed by atoms with Crippen LogP contribution in [0.25, 0.3) is 38.8 Å². The summed E-state index contributed by atoms with van der Waals surface area (Å²) in [5, 5.41) is 12.6. The van der Waals surface area contributed by atoms with Crippen LogP contribution >= 0.6 is 0 Å². The van der Waals surface area contributed by atoms with Gasteiger partial charge in [0.1, 0.15) is 11.3 Å². The SMILES string of the molecule is Cn1cc(-c2cnn3ccc(-c4c[nH]c5nc(NCC6(F)CC6)ncc45)cc23)cn1. The number of rotatable bonds is 5. The second-order valence-electron chi connectivity index (χ2n) is 7.87. The summed E-state index contributed by atoms with van der Waals surface area (Å²) in [5.74, 6) is 0.435. The Morgan fingerprint density at radius 2 is 2.07 bits per heavy atom. The number of nitrogens with zero attached hydrogens (tertiary/aromatic N) is 6. The molecule has 30 heavy (non-hydrogen) atoms. The smallest absolute Gasteiger partial charge is 0.224 e. The third-order valence-electron chi connectivity index (χ3n) is 5.64. The molecule has 6 rings (SSSR count). The average molecular weight is 402 g/mol. The number of anilines is 1. The molecule has 5 heterocycles. The molecule has 0 amide bonds. The molecule has 9 heteroatoms. The Labute approximate surface area is 170 Å². The van der Waals surface area contributed by atoms with Crippen LogP contribution < -0.4 is 5.32 Å². The molecule has 8 nitrogen and oxygen atoms in total. The van der Waals surface area contributed by atoms with Crippen LogP contribution in [-0.2, 0) is 7.05 Å². The lowest BCUT2D eigenvalue weighted by Crippen LogP contribution is -2.17. The predicted molar refractivity (Wildman–Crippen MR) is 112 cm³/mol. The molecular formula is C21H19FN8. The fraction of sp³-hybridized carbons (Fsp3) is 0.238. The number of halogens is 1. The lowest BCUT2D eigenvalue weighted by atomic mass is 10.1. The van der Waals surface area contributed by atoms with Crippen LogP contribution in [0.1, 0.15) is 12.8 Å². The van der Waals surface area contributed by atoms with E-state index in [1.165, 1.54) is 0 Å². The topological polar surface area (TPSA) is 88.7 Å². The van der Waals surface area contributed by atoms with E-state index in [-0.39, 0.29) is 6.54 Å². The highest BCUT2D eigenvalue weighted by atomic mass is 19.1. The van der Waals surface area contributed by atoms with E-state index in [1.54, 1.807) is 10.9 Å². The first-order valence-corrected chi connectivity index (χ1v) is 9.82. The molecule has 1 fully saturated rings. The van der Waals surface area contributed by atoms with Gasteiger partial charge in [0.25, 0.3) is 0 Å². The zero-order valence-electron chi connectivity index (χ0n) is 16.3. The van der Waals surface area contributed by atoms with E-state index in [9.17, 15) is 4.39 Å². The zero-order valence-corrected chi connectivity index (χ0v) is 16.3. The van der Waals surface area contributed by atoms with E-state index in [4.69, 9.17) is 0 Å². The van der Waals surface area contributed by atoms with Gasteiger partial charge in [0.2, 0.25) is 5.95 Å². The van der Waals surface area contributed by atoms with Crippen LogP contribution in [0.5, 0.6) is 0 Å². The second kappa shape index (κ2) is 6.12. The third kappa shape index (κ3) is 2.81. The highest BCUT2D eigenvalue weighted by Gasteiger charge is 2.43. The van der Waals surface area contributed by atoms with Crippen molar-refractivity contribution in [2.45, 2.75) is 18.5 Å². The molecule has 0 unspecified atom stereocenters. The Kier molecular flexibility index (Phi) is 3.50. The second-order valence-corrected chi connectivity index (χ2v) is 7.87. The number of H-pyrrole nitrogens is 1. The van der Waals surface area contributed by atoms with Crippen molar-refractivity contribution in [3.05, 3.63) is 49.3 Å². The third-order valence-corrected chi connectivity index (χ3v) is 5.64. The Balaban J connectivity index is 1.38. The first-order valence-electron chi connectivity index (χ1n) is 9.82. The van der Waals surface area contributed by atoms with Crippen molar-refractivity contribution >= 4 is 22.5 Å². The molecule has 0 saturated heterocycles. The summed E-state index contributed by atoms with van der Waals surface area (Å²) >= 11 is 0. The van der Waals surface area contributed by atoms with Gasteiger partial charge in [-0.3, -0.25) is 4.68 Å². The Morgan fingerprint density at radius 3 is 2.87 bits per heavy atom. The molecule has 0 radical (unpaired) electrons.